The van der Waals surface area contributed by atoms with Crippen LogP contribution in [0.3, 0.4) is 0 Å². The minimum Gasteiger partial charge on any atom is -0.393 e. The second-order valence-electron chi connectivity index (χ2n) is 4.06. The lowest BCUT2D eigenvalue weighted by atomic mass is 10.1. The zero-order valence-corrected chi connectivity index (χ0v) is 9.97. The number of amides is 1. The Kier molecular flexibility index (Phi) is 4.47. The molecule has 1 rings (SSSR count). The first-order chi connectivity index (χ1) is 7.00. The Hall–Kier alpha value is -0.680. The highest BCUT2D eigenvalue weighted by Crippen LogP contribution is 2.18. The lowest BCUT2D eigenvalue weighted by Gasteiger charge is -2.14. The van der Waals surface area contributed by atoms with Crippen molar-refractivity contribution >= 4 is 23.1 Å². The number of thiocarbonyl (C=S) groups is 1. The SMILES string of the molecule is CC1CCC(C(=O)NCC(C)C(N)=S)O1. The first-order valence-corrected chi connectivity index (χ1v) is 5.64. The molecule has 1 amide bonds. The topological polar surface area (TPSA) is 64.4 Å². The normalized spacial score (nSPS) is 27.3. The Balaban J connectivity index is 2.27. The predicted molar refractivity (Wildman–Crippen MR) is 62.5 cm³/mol. The van der Waals surface area contributed by atoms with E-state index in [-0.39, 0.29) is 24.0 Å². The van der Waals surface area contributed by atoms with Gasteiger partial charge in [0.15, 0.2) is 0 Å². The molecule has 1 aliphatic heterocycles. The molecular formula is C10H18N2O2S. The average molecular weight is 230 g/mol. The van der Waals surface area contributed by atoms with E-state index < -0.39 is 0 Å². The molecule has 1 saturated heterocycles. The van der Waals surface area contributed by atoms with E-state index in [0.717, 1.165) is 12.8 Å². The fourth-order valence-electron chi connectivity index (χ4n) is 1.46. The molecule has 3 N–H and O–H groups in total. The standard InChI is InChI=1S/C10H18N2O2S/c1-6(9(11)15)5-12-10(13)8-4-3-7(2)14-8/h6-8H,3-5H2,1-2H3,(H2,11,15)(H,12,13). The van der Waals surface area contributed by atoms with Gasteiger partial charge in [-0.1, -0.05) is 19.1 Å². The Labute approximate surface area is 95.5 Å². The second kappa shape index (κ2) is 5.42. The van der Waals surface area contributed by atoms with Gasteiger partial charge in [-0.3, -0.25) is 4.79 Å². The maximum absolute atomic E-state index is 11.6. The van der Waals surface area contributed by atoms with Gasteiger partial charge >= 0.3 is 0 Å². The van der Waals surface area contributed by atoms with Crippen molar-refractivity contribution in [2.45, 2.75) is 38.9 Å². The Morgan fingerprint density at radius 2 is 2.33 bits per heavy atom. The second-order valence-corrected chi connectivity index (χ2v) is 4.53. The van der Waals surface area contributed by atoms with Crippen LogP contribution in [0.2, 0.25) is 0 Å². The van der Waals surface area contributed by atoms with E-state index in [2.05, 4.69) is 5.32 Å². The number of hydrogen-bond acceptors (Lipinski definition) is 3. The van der Waals surface area contributed by atoms with E-state index in [1.54, 1.807) is 0 Å². The number of rotatable bonds is 4. The first-order valence-electron chi connectivity index (χ1n) is 5.23. The summed E-state index contributed by atoms with van der Waals surface area (Å²) in [4.78, 5) is 12.0. The average Bonchev–Trinajstić information content (AvgIpc) is 2.60. The molecule has 0 aromatic carbocycles. The Bertz CT molecular complexity index is 258. The largest absolute Gasteiger partial charge is 0.393 e. The Morgan fingerprint density at radius 1 is 1.67 bits per heavy atom. The number of ether oxygens (including phenoxy) is 1. The molecule has 3 atom stereocenters. The highest BCUT2D eigenvalue weighted by atomic mass is 32.1. The molecule has 86 valence electrons. The van der Waals surface area contributed by atoms with E-state index in [4.69, 9.17) is 22.7 Å². The first kappa shape index (κ1) is 12.4. The van der Waals surface area contributed by atoms with E-state index in [9.17, 15) is 4.79 Å². The lowest BCUT2D eigenvalue weighted by molar-refractivity contribution is -0.131. The smallest absolute Gasteiger partial charge is 0.249 e. The molecule has 0 bridgehead atoms. The molecular weight excluding hydrogens is 212 g/mol. The molecule has 0 radical (unpaired) electrons. The summed E-state index contributed by atoms with van der Waals surface area (Å²) in [7, 11) is 0. The summed E-state index contributed by atoms with van der Waals surface area (Å²) in [6.45, 7) is 4.36. The lowest BCUT2D eigenvalue weighted by Crippen LogP contribution is -2.39. The number of hydrogen-bond donors (Lipinski definition) is 2. The van der Waals surface area contributed by atoms with E-state index >= 15 is 0 Å². The zero-order chi connectivity index (χ0) is 11.4. The third kappa shape index (κ3) is 3.76. The molecule has 0 aromatic heterocycles. The van der Waals surface area contributed by atoms with Gasteiger partial charge < -0.3 is 15.8 Å². The monoisotopic (exact) mass is 230 g/mol. The minimum absolute atomic E-state index is 0.0303. The van der Waals surface area contributed by atoms with Crippen LogP contribution < -0.4 is 11.1 Å². The summed E-state index contributed by atoms with van der Waals surface area (Å²) >= 11 is 4.82. The van der Waals surface area contributed by atoms with Gasteiger partial charge in [0.1, 0.15) is 6.10 Å². The summed E-state index contributed by atoms with van der Waals surface area (Å²) < 4.78 is 5.44. The molecule has 0 aliphatic carbocycles. The van der Waals surface area contributed by atoms with Crippen LogP contribution in [0, 0.1) is 5.92 Å². The van der Waals surface area contributed by atoms with Gasteiger partial charge in [0, 0.05) is 12.5 Å². The van der Waals surface area contributed by atoms with Gasteiger partial charge in [-0.05, 0) is 19.8 Å². The van der Waals surface area contributed by atoms with Crippen molar-refractivity contribution in [1.82, 2.24) is 5.32 Å². The summed E-state index contributed by atoms with van der Waals surface area (Å²) in [6, 6.07) is 0. The van der Waals surface area contributed by atoms with Crippen LogP contribution in [0.1, 0.15) is 26.7 Å². The van der Waals surface area contributed by atoms with Gasteiger partial charge in [0.2, 0.25) is 5.91 Å². The van der Waals surface area contributed by atoms with Crippen molar-refractivity contribution in [1.29, 1.82) is 0 Å². The summed E-state index contributed by atoms with van der Waals surface area (Å²) in [5.74, 6) is -0.0229. The molecule has 3 unspecified atom stereocenters. The zero-order valence-electron chi connectivity index (χ0n) is 9.16. The molecule has 4 nitrogen and oxygen atoms in total. The summed E-state index contributed by atoms with van der Waals surface area (Å²) in [5.41, 5.74) is 5.45. The predicted octanol–water partition coefficient (Wildman–Crippen LogP) is 0.592. The van der Waals surface area contributed by atoms with E-state index in [1.165, 1.54) is 0 Å². The Morgan fingerprint density at radius 3 is 2.80 bits per heavy atom. The third-order valence-corrected chi connectivity index (χ3v) is 2.99. The molecule has 5 heteroatoms. The van der Waals surface area contributed by atoms with Crippen LogP contribution in [0.15, 0.2) is 0 Å². The molecule has 1 fully saturated rings. The number of carbonyl (C=O) groups excluding carboxylic acids is 1. The van der Waals surface area contributed by atoms with Crippen molar-refractivity contribution in [3.05, 3.63) is 0 Å². The van der Waals surface area contributed by atoms with Gasteiger partial charge in [0.05, 0.1) is 11.1 Å². The van der Waals surface area contributed by atoms with Gasteiger partial charge in [0.25, 0.3) is 0 Å². The highest BCUT2D eigenvalue weighted by Gasteiger charge is 2.28. The molecule has 1 aliphatic rings. The van der Waals surface area contributed by atoms with Crippen molar-refractivity contribution < 1.29 is 9.53 Å². The molecule has 0 aromatic rings. The van der Waals surface area contributed by atoms with Crippen LogP contribution in [0.5, 0.6) is 0 Å². The van der Waals surface area contributed by atoms with Gasteiger partial charge in [-0.2, -0.15) is 0 Å². The van der Waals surface area contributed by atoms with Crippen LogP contribution in [0.25, 0.3) is 0 Å². The van der Waals surface area contributed by atoms with E-state index in [1.807, 2.05) is 13.8 Å². The number of nitrogens with two attached hydrogens (primary N) is 1. The highest BCUT2D eigenvalue weighted by molar-refractivity contribution is 7.80. The van der Waals surface area contributed by atoms with Crippen molar-refractivity contribution in [3.63, 3.8) is 0 Å². The van der Waals surface area contributed by atoms with Crippen LogP contribution >= 0.6 is 12.2 Å². The van der Waals surface area contributed by atoms with Crippen molar-refractivity contribution in [2.75, 3.05) is 6.54 Å². The fraction of sp³-hybridized carbons (Fsp3) is 0.800. The van der Waals surface area contributed by atoms with Crippen LogP contribution in [-0.4, -0.2) is 29.6 Å². The molecule has 0 saturated carbocycles. The van der Waals surface area contributed by atoms with Gasteiger partial charge in [-0.25, -0.2) is 0 Å². The third-order valence-electron chi connectivity index (χ3n) is 2.59. The fourth-order valence-corrected chi connectivity index (χ4v) is 1.55. The minimum atomic E-state index is -0.293. The number of nitrogens with one attached hydrogen (secondary N) is 1. The number of carbonyl (C=O) groups is 1. The molecule has 1 heterocycles. The molecule has 15 heavy (non-hydrogen) atoms. The van der Waals surface area contributed by atoms with E-state index in [0.29, 0.717) is 11.5 Å². The van der Waals surface area contributed by atoms with Gasteiger partial charge in [-0.15, -0.1) is 0 Å². The quantitative estimate of drug-likeness (QED) is 0.694. The van der Waals surface area contributed by atoms with Crippen molar-refractivity contribution in [2.24, 2.45) is 11.7 Å². The maximum atomic E-state index is 11.6. The van der Waals surface area contributed by atoms with Crippen molar-refractivity contribution in [3.8, 4) is 0 Å². The maximum Gasteiger partial charge on any atom is 0.249 e. The van der Waals surface area contributed by atoms with Crippen LogP contribution in [-0.2, 0) is 9.53 Å². The summed E-state index contributed by atoms with van der Waals surface area (Å²) in [6.07, 6.45) is 1.64. The van der Waals surface area contributed by atoms with Crippen LogP contribution in [0.4, 0.5) is 0 Å². The molecule has 0 spiro atoms. The summed E-state index contributed by atoms with van der Waals surface area (Å²) in [5, 5.41) is 2.79.